The monoisotopic (exact) mass is 232 g/mol. The van der Waals surface area contributed by atoms with Gasteiger partial charge in [-0.15, -0.1) is 0 Å². The smallest absolute Gasteiger partial charge is 0.101 e. The summed E-state index contributed by atoms with van der Waals surface area (Å²) in [5, 5.41) is 22.4. The minimum atomic E-state index is -0.721. The Morgan fingerprint density at radius 2 is 2.06 bits per heavy atom. The Kier molecular flexibility index (Phi) is 3.62. The third-order valence-corrected chi connectivity index (χ3v) is 3.08. The number of rotatable bonds is 3. The van der Waals surface area contributed by atoms with E-state index < -0.39 is 5.60 Å². The standard InChI is InChI=1S/C13H16N2O2/c14-9-11-3-1-2-4-12(11)15-10-13(16)5-7-17-8-6-13/h1-4,15-16H,5-8,10H2. The van der Waals surface area contributed by atoms with E-state index in [0.29, 0.717) is 38.2 Å². The Balaban J connectivity index is 2.00. The van der Waals surface area contributed by atoms with Crippen LogP contribution in [0.4, 0.5) is 5.69 Å². The van der Waals surface area contributed by atoms with Crippen LogP contribution in [0.15, 0.2) is 24.3 Å². The summed E-state index contributed by atoms with van der Waals surface area (Å²) >= 11 is 0. The third kappa shape index (κ3) is 2.96. The van der Waals surface area contributed by atoms with Crippen LogP contribution in [0.25, 0.3) is 0 Å². The Labute approximate surface area is 101 Å². The number of hydrogen-bond donors (Lipinski definition) is 2. The summed E-state index contributed by atoms with van der Waals surface area (Å²) in [7, 11) is 0. The average Bonchev–Trinajstić information content (AvgIpc) is 2.38. The van der Waals surface area contributed by atoms with Gasteiger partial charge in [0.1, 0.15) is 6.07 Å². The van der Waals surface area contributed by atoms with Gasteiger partial charge in [-0.1, -0.05) is 12.1 Å². The largest absolute Gasteiger partial charge is 0.388 e. The van der Waals surface area contributed by atoms with Crippen LogP contribution in [0.3, 0.4) is 0 Å². The molecule has 0 aromatic heterocycles. The van der Waals surface area contributed by atoms with Crippen molar-refractivity contribution in [3.8, 4) is 6.07 Å². The lowest BCUT2D eigenvalue weighted by Gasteiger charge is -2.32. The normalized spacial score (nSPS) is 18.4. The van der Waals surface area contributed by atoms with Gasteiger partial charge in [0.05, 0.1) is 16.9 Å². The van der Waals surface area contributed by atoms with Gasteiger partial charge in [0, 0.05) is 32.6 Å². The second-order valence-electron chi connectivity index (χ2n) is 4.35. The van der Waals surface area contributed by atoms with Gasteiger partial charge in [-0.05, 0) is 12.1 Å². The lowest BCUT2D eigenvalue weighted by atomic mass is 9.94. The van der Waals surface area contributed by atoms with E-state index in [9.17, 15) is 5.11 Å². The van der Waals surface area contributed by atoms with Crippen molar-refractivity contribution in [2.24, 2.45) is 0 Å². The van der Waals surface area contributed by atoms with Crippen molar-refractivity contribution in [1.82, 2.24) is 0 Å². The number of nitrogens with zero attached hydrogens (tertiary/aromatic N) is 1. The second kappa shape index (κ2) is 5.17. The highest BCUT2D eigenvalue weighted by Crippen LogP contribution is 2.22. The molecule has 0 aliphatic carbocycles. The summed E-state index contributed by atoms with van der Waals surface area (Å²) in [6.07, 6.45) is 1.27. The van der Waals surface area contributed by atoms with Gasteiger partial charge in [-0.2, -0.15) is 5.26 Å². The molecule has 0 amide bonds. The predicted octanol–water partition coefficient (Wildman–Crippen LogP) is 1.51. The molecule has 0 radical (unpaired) electrons. The van der Waals surface area contributed by atoms with E-state index in [1.807, 2.05) is 18.2 Å². The first-order valence-electron chi connectivity index (χ1n) is 5.77. The Morgan fingerprint density at radius 1 is 1.35 bits per heavy atom. The van der Waals surface area contributed by atoms with Crippen molar-refractivity contribution in [3.63, 3.8) is 0 Å². The van der Waals surface area contributed by atoms with E-state index in [2.05, 4.69) is 11.4 Å². The quantitative estimate of drug-likeness (QED) is 0.829. The molecule has 1 fully saturated rings. The number of nitrogens with one attached hydrogen (secondary N) is 1. The number of para-hydroxylation sites is 1. The van der Waals surface area contributed by atoms with Crippen LogP contribution in [0, 0.1) is 11.3 Å². The summed E-state index contributed by atoms with van der Waals surface area (Å²) in [6, 6.07) is 9.43. The molecule has 0 spiro atoms. The molecule has 2 N–H and O–H groups in total. The van der Waals surface area contributed by atoms with Crippen molar-refractivity contribution in [2.75, 3.05) is 25.1 Å². The number of nitriles is 1. The molecule has 0 saturated carbocycles. The van der Waals surface area contributed by atoms with E-state index in [4.69, 9.17) is 10.00 Å². The fourth-order valence-corrected chi connectivity index (χ4v) is 1.92. The summed E-state index contributed by atoms with van der Waals surface area (Å²) in [4.78, 5) is 0. The molecular weight excluding hydrogens is 216 g/mol. The first-order chi connectivity index (χ1) is 8.23. The van der Waals surface area contributed by atoms with Crippen molar-refractivity contribution in [3.05, 3.63) is 29.8 Å². The van der Waals surface area contributed by atoms with Crippen LogP contribution in [0.2, 0.25) is 0 Å². The molecule has 0 unspecified atom stereocenters. The Bertz CT molecular complexity index is 420. The zero-order valence-corrected chi connectivity index (χ0v) is 9.65. The molecular formula is C13H16N2O2. The molecule has 1 aromatic rings. The van der Waals surface area contributed by atoms with Gasteiger partial charge in [0.2, 0.25) is 0 Å². The average molecular weight is 232 g/mol. The maximum absolute atomic E-state index is 10.3. The van der Waals surface area contributed by atoms with Crippen LogP contribution in [-0.4, -0.2) is 30.5 Å². The molecule has 1 aromatic carbocycles. The van der Waals surface area contributed by atoms with Gasteiger partial charge in [0.25, 0.3) is 0 Å². The van der Waals surface area contributed by atoms with E-state index in [0.717, 1.165) is 5.69 Å². The topological polar surface area (TPSA) is 65.3 Å². The SMILES string of the molecule is N#Cc1ccccc1NCC1(O)CCOCC1. The van der Waals surface area contributed by atoms with Crippen molar-refractivity contribution < 1.29 is 9.84 Å². The fraction of sp³-hybridized carbons (Fsp3) is 0.462. The van der Waals surface area contributed by atoms with E-state index in [-0.39, 0.29) is 0 Å². The first kappa shape index (κ1) is 11.9. The molecule has 2 rings (SSSR count). The summed E-state index contributed by atoms with van der Waals surface area (Å²) < 4.78 is 5.22. The highest BCUT2D eigenvalue weighted by atomic mass is 16.5. The summed E-state index contributed by atoms with van der Waals surface area (Å²) in [6.45, 7) is 1.64. The number of benzene rings is 1. The van der Waals surface area contributed by atoms with Gasteiger partial charge < -0.3 is 15.2 Å². The van der Waals surface area contributed by atoms with E-state index in [1.54, 1.807) is 6.07 Å². The van der Waals surface area contributed by atoms with Crippen LogP contribution >= 0.6 is 0 Å². The molecule has 0 atom stereocenters. The first-order valence-corrected chi connectivity index (χ1v) is 5.77. The second-order valence-corrected chi connectivity index (χ2v) is 4.35. The summed E-state index contributed by atoms with van der Waals surface area (Å²) in [5.74, 6) is 0. The van der Waals surface area contributed by atoms with Crippen LogP contribution in [0.5, 0.6) is 0 Å². The molecule has 90 valence electrons. The van der Waals surface area contributed by atoms with Crippen LogP contribution in [-0.2, 0) is 4.74 Å². The molecule has 1 aliphatic rings. The molecule has 1 heterocycles. The minimum Gasteiger partial charge on any atom is -0.388 e. The van der Waals surface area contributed by atoms with Gasteiger partial charge >= 0.3 is 0 Å². The zero-order valence-electron chi connectivity index (χ0n) is 9.65. The minimum absolute atomic E-state index is 0.453. The van der Waals surface area contributed by atoms with Gasteiger partial charge in [0.15, 0.2) is 0 Å². The molecule has 17 heavy (non-hydrogen) atoms. The van der Waals surface area contributed by atoms with Gasteiger partial charge in [-0.3, -0.25) is 0 Å². The number of aliphatic hydroxyl groups is 1. The van der Waals surface area contributed by atoms with Gasteiger partial charge in [-0.25, -0.2) is 0 Å². The summed E-state index contributed by atoms with van der Waals surface area (Å²) in [5.41, 5.74) is 0.652. The zero-order chi connectivity index (χ0) is 12.1. The number of hydrogen-bond acceptors (Lipinski definition) is 4. The molecule has 1 saturated heterocycles. The maximum Gasteiger partial charge on any atom is 0.101 e. The van der Waals surface area contributed by atoms with E-state index in [1.165, 1.54) is 0 Å². The van der Waals surface area contributed by atoms with Crippen LogP contribution < -0.4 is 5.32 Å². The molecule has 1 aliphatic heterocycles. The highest BCUT2D eigenvalue weighted by Gasteiger charge is 2.29. The fourth-order valence-electron chi connectivity index (χ4n) is 1.92. The Morgan fingerprint density at radius 3 is 2.76 bits per heavy atom. The molecule has 0 bridgehead atoms. The highest BCUT2D eigenvalue weighted by molar-refractivity contribution is 5.57. The maximum atomic E-state index is 10.3. The number of ether oxygens (including phenoxy) is 1. The molecule has 4 heteroatoms. The van der Waals surface area contributed by atoms with Crippen LogP contribution in [0.1, 0.15) is 18.4 Å². The van der Waals surface area contributed by atoms with Crippen molar-refractivity contribution >= 4 is 5.69 Å². The third-order valence-electron chi connectivity index (χ3n) is 3.08. The predicted molar refractivity (Wildman–Crippen MR) is 64.6 cm³/mol. The lowest BCUT2D eigenvalue weighted by Crippen LogP contribution is -2.42. The van der Waals surface area contributed by atoms with E-state index >= 15 is 0 Å². The molecule has 4 nitrogen and oxygen atoms in total. The Hall–Kier alpha value is -1.57. The van der Waals surface area contributed by atoms with Crippen molar-refractivity contribution in [2.45, 2.75) is 18.4 Å². The van der Waals surface area contributed by atoms with Crippen molar-refractivity contribution in [1.29, 1.82) is 5.26 Å². The lowest BCUT2D eigenvalue weighted by molar-refractivity contribution is -0.0543. The number of anilines is 1.